The van der Waals surface area contributed by atoms with E-state index in [-0.39, 0.29) is 18.1 Å². The molecule has 1 fully saturated rings. The number of ether oxygens (including phenoxy) is 3. The first-order valence-corrected chi connectivity index (χ1v) is 10.1. The molecule has 1 aliphatic rings. The average molecular weight is 430 g/mol. The molecule has 0 N–H and O–H groups in total. The molecule has 3 rings (SSSR count). The molecule has 0 aromatic heterocycles. The van der Waals surface area contributed by atoms with Crippen LogP contribution in [0.2, 0.25) is 0 Å². The van der Waals surface area contributed by atoms with E-state index >= 15 is 0 Å². The van der Waals surface area contributed by atoms with E-state index in [0.29, 0.717) is 44.8 Å². The first kappa shape index (κ1) is 22.6. The topological polar surface area (TPSA) is 68.3 Å². The number of rotatable bonds is 7. The summed E-state index contributed by atoms with van der Waals surface area (Å²) in [5.41, 5.74) is 1.42. The van der Waals surface area contributed by atoms with Crippen molar-refractivity contribution in [1.29, 1.82) is 0 Å². The van der Waals surface area contributed by atoms with Crippen molar-refractivity contribution in [2.24, 2.45) is 0 Å². The smallest absolute Gasteiger partial charge is 0.337 e. The van der Waals surface area contributed by atoms with Crippen molar-refractivity contribution in [2.75, 3.05) is 47.1 Å². The molecule has 2 aromatic carbocycles. The second-order valence-electron chi connectivity index (χ2n) is 7.16. The summed E-state index contributed by atoms with van der Waals surface area (Å²) in [5.74, 6) is -0.419. The van der Waals surface area contributed by atoms with Gasteiger partial charge in [-0.05, 0) is 30.2 Å². The standard InChI is InChI=1S/C23H27FN2O5/c1-29-21-6-4-3-5-17(21)9-10-26(23(28)25-11-13-31-14-12-25)16-19-8-7-18(15-20(19)24)22(27)30-2/h3-8,15H,9-14,16H2,1-2H3. The fourth-order valence-electron chi connectivity index (χ4n) is 3.49. The highest BCUT2D eigenvalue weighted by Crippen LogP contribution is 2.20. The maximum Gasteiger partial charge on any atom is 0.337 e. The third-order valence-electron chi connectivity index (χ3n) is 5.23. The maximum absolute atomic E-state index is 14.7. The van der Waals surface area contributed by atoms with Gasteiger partial charge >= 0.3 is 12.0 Å². The Bertz CT molecular complexity index is 915. The van der Waals surface area contributed by atoms with Crippen molar-refractivity contribution in [3.8, 4) is 5.75 Å². The van der Waals surface area contributed by atoms with Gasteiger partial charge in [0.1, 0.15) is 11.6 Å². The second-order valence-corrected chi connectivity index (χ2v) is 7.16. The number of benzene rings is 2. The van der Waals surface area contributed by atoms with Crippen LogP contribution in [0.5, 0.6) is 5.75 Å². The molecule has 166 valence electrons. The lowest BCUT2D eigenvalue weighted by molar-refractivity contribution is 0.0426. The molecule has 2 aromatic rings. The highest BCUT2D eigenvalue weighted by Gasteiger charge is 2.24. The Balaban J connectivity index is 1.79. The third-order valence-corrected chi connectivity index (χ3v) is 5.23. The van der Waals surface area contributed by atoms with E-state index in [0.717, 1.165) is 17.4 Å². The number of carbonyl (C=O) groups excluding carboxylic acids is 2. The lowest BCUT2D eigenvalue weighted by atomic mass is 10.1. The van der Waals surface area contributed by atoms with Crippen LogP contribution in [0.1, 0.15) is 21.5 Å². The molecule has 8 heteroatoms. The molecule has 7 nitrogen and oxygen atoms in total. The summed E-state index contributed by atoms with van der Waals surface area (Å²) >= 11 is 0. The molecule has 31 heavy (non-hydrogen) atoms. The Morgan fingerprint density at radius 3 is 2.52 bits per heavy atom. The number of carbonyl (C=O) groups is 2. The number of hydrogen-bond donors (Lipinski definition) is 0. The zero-order valence-electron chi connectivity index (χ0n) is 17.8. The van der Waals surface area contributed by atoms with Gasteiger partial charge in [-0.1, -0.05) is 24.3 Å². The normalized spacial score (nSPS) is 13.6. The second kappa shape index (κ2) is 10.8. The number of morpholine rings is 1. The lowest BCUT2D eigenvalue weighted by Gasteiger charge is -2.33. The first-order chi connectivity index (χ1) is 15.0. The van der Waals surface area contributed by atoms with E-state index in [9.17, 15) is 14.0 Å². The average Bonchev–Trinajstić information content (AvgIpc) is 2.82. The van der Waals surface area contributed by atoms with Crippen molar-refractivity contribution in [1.82, 2.24) is 9.80 Å². The molecule has 0 radical (unpaired) electrons. The number of urea groups is 1. The fourth-order valence-corrected chi connectivity index (χ4v) is 3.49. The Morgan fingerprint density at radius 2 is 1.84 bits per heavy atom. The zero-order valence-corrected chi connectivity index (χ0v) is 17.8. The molecule has 0 spiro atoms. The van der Waals surface area contributed by atoms with Gasteiger partial charge in [0, 0.05) is 25.2 Å². The van der Waals surface area contributed by atoms with Crippen LogP contribution in [0.25, 0.3) is 0 Å². The van der Waals surface area contributed by atoms with Crippen LogP contribution in [0.15, 0.2) is 42.5 Å². The number of para-hydroxylation sites is 1. The Labute approximate surface area is 181 Å². The van der Waals surface area contributed by atoms with E-state index < -0.39 is 11.8 Å². The molecule has 0 saturated carbocycles. The van der Waals surface area contributed by atoms with E-state index in [1.54, 1.807) is 16.9 Å². The number of amides is 2. The van der Waals surface area contributed by atoms with E-state index in [1.165, 1.54) is 19.2 Å². The van der Waals surface area contributed by atoms with Gasteiger partial charge in [-0.15, -0.1) is 0 Å². The highest BCUT2D eigenvalue weighted by molar-refractivity contribution is 5.89. The Morgan fingerprint density at radius 1 is 1.10 bits per heavy atom. The van der Waals surface area contributed by atoms with Crippen molar-refractivity contribution < 1.29 is 28.2 Å². The molecule has 0 bridgehead atoms. The first-order valence-electron chi connectivity index (χ1n) is 10.1. The lowest BCUT2D eigenvalue weighted by Crippen LogP contribution is -2.48. The quantitative estimate of drug-likeness (QED) is 0.632. The minimum Gasteiger partial charge on any atom is -0.496 e. The van der Waals surface area contributed by atoms with Gasteiger partial charge in [0.2, 0.25) is 0 Å². The molecule has 1 saturated heterocycles. The predicted octanol–water partition coefficient (Wildman–Crippen LogP) is 3.12. The van der Waals surface area contributed by atoms with Crippen LogP contribution in [0, 0.1) is 5.82 Å². The van der Waals surface area contributed by atoms with Gasteiger partial charge in [-0.3, -0.25) is 0 Å². The van der Waals surface area contributed by atoms with Crippen molar-refractivity contribution in [3.63, 3.8) is 0 Å². The van der Waals surface area contributed by atoms with Crippen LogP contribution >= 0.6 is 0 Å². The minimum atomic E-state index is -0.608. The number of esters is 1. The van der Waals surface area contributed by atoms with E-state index in [4.69, 9.17) is 9.47 Å². The van der Waals surface area contributed by atoms with Crippen molar-refractivity contribution >= 4 is 12.0 Å². The maximum atomic E-state index is 14.7. The SMILES string of the molecule is COC(=O)c1ccc(CN(CCc2ccccc2OC)C(=O)N2CCOCC2)c(F)c1. The third kappa shape index (κ3) is 5.73. The van der Waals surface area contributed by atoms with Crippen molar-refractivity contribution in [3.05, 3.63) is 65.0 Å². The van der Waals surface area contributed by atoms with E-state index in [2.05, 4.69) is 4.74 Å². The molecule has 1 heterocycles. The zero-order chi connectivity index (χ0) is 22.2. The largest absolute Gasteiger partial charge is 0.496 e. The van der Waals surface area contributed by atoms with E-state index in [1.807, 2.05) is 24.3 Å². The van der Waals surface area contributed by atoms with Crippen LogP contribution in [-0.2, 0) is 22.4 Å². The monoisotopic (exact) mass is 430 g/mol. The Kier molecular flexibility index (Phi) is 7.83. The van der Waals surface area contributed by atoms with Gasteiger partial charge in [0.25, 0.3) is 0 Å². The summed E-state index contributed by atoms with van der Waals surface area (Å²) < 4.78 is 30.1. The molecule has 0 atom stereocenters. The highest BCUT2D eigenvalue weighted by atomic mass is 19.1. The van der Waals surface area contributed by atoms with Crippen molar-refractivity contribution in [2.45, 2.75) is 13.0 Å². The van der Waals surface area contributed by atoms with Gasteiger partial charge < -0.3 is 24.0 Å². The van der Waals surface area contributed by atoms with Crippen LogP contribution in [-0.4, -0.2) is 68.9 Å². The molecule has 0 aliphatic carbocycles. The fraction of sp³-hybridized carbons (Fsp3) is 0.391. The molecule has 0 unspecified atom stereocenters. The molecule has 2 amide bonds. The van der Waals surface area contributed by atoms with Crippen LogP contribution < -0.4 is 4.74 Å². The van der Waals surface area contributed by atoms with Gasteiger partial charge in [0.05, 0.1) is 39.5 Å². The summed E-state index contributed by atoms with van der Waals surface area (Å²) in [6.07, 6.45) is 0.557. The van der Waals surface area contributed by atoms with Crippen LogP contribution in [0.4, 0.5) is 9.18 Å². The molecular formula is C23H27FN2O5. The molecule has 1 aliphatic heterocycles. The van der Waals surface area contributed by atoms with Gasteiger partial charge in [0.15, 0.2) is 0 Å². The Hall–Kier alpha value is -3.13. The summed E-state index contributed by atoms with van der Waals surface area (Å²) in [4.78, 5) is 28.2. The van der Waals surface area contributed by atoms with Crippen LogP contribution in [0.3, 0.4) is 0 Å². The number of methoxy groups -OCH3 is 2. The summed E-state index contributed by atoms with van der Waals surface area (Å²) in [6, 6.07) is 11.6. The predicted molar refractivity (Wildman–Crippen MR) is 113 cm³/mol. The minimum absolute atomic E-state index is 0.0820. The van der Waals surface area contributed by atoms with Gasteiger partial charge in [-0.25, -0.2) is 14.0 Å². The summed E-state index contributed by atoms with van der Waals surface area (Å²) in [6.45, 7) is 2.41. The number of hydrogen-bond acceptors (Lipinski definition) is 5. The number of halogens is 1. The molecular weight excluding hydrogens is 403 g/mol. The summed E-state index contributed by atoms with van der Waals surface area (Å²) in [5, 5.41) is 0. The summed E-state index contributed by atoms with van der Waals surface area (Å²) in [7, 11) is 2.85. The van der Waals surface area contributed by atoms with Gasteiger partial charge in [-0.2, -0.15) is 0 Å². The number of nitrogens with zero attached hydrogens (tertiary/aromatic N) is 2.